The van der Waals surface area contributed by atoms with Gasteiger partial charge in [-0.05, 0) is 76.6 Å². The number of phenols is 1. The molecule has 1 fully saturated rings. The summed E-state index contributed by atoms with van der Waals surface area (Å²) in [4.78, 5) is 14.3. The number of alkyl carbamates (subject to hydrolysis) is 1. The van der Waals surface area contributed by atoms with Crippen molar-refractivity contribution in [3.63, 3.8) is 0 Å². The zero-order valence-electron chi connectivity index (χ0n) is 15.6. The number of nitrogens with one attached hydrogen (secondary N) is 1. The predicted molar refractivity (Wildman–Crippen MR) is 97.8 cm³/mol. The van der Waals surface area contributed by atoms with Gasteiger partial charge < -0.3 is 15.2 Å². The van der Waals surface area contributed by atoms with E-state index >= 15 is 0 Å². The Morgan fingerprint density at radius 2 is 2.00 bits per heavy atom. The second kappa shape index (κ2) is 7.24. The number of rotatable bonds is 3. The fraction of sp³-hybridized carbons (Fsp3) is 0.650. The van der Waals surface area contributed by atoms with E-state index in [-0.39, 0.29) is 12.1 Å². The van der Waals surface area contributed by atoms with Crippen LogP contribution in [-0.4, -0.2) is 40.8 Å². The number of hydrogen-bond donors (Lipinski definition) is 2. The summed E-state index contributed by atoms with van der Waals surface area (Å²) in [5.74, 6) is 0.405. The average Bonchev–Trinajstić information content (AvgIpc) is 2.93. The molecule has 0 saturated carbocycles. The van der Waals surface area contributed by atoms with Crippen molar-refractivity contribution in [2.75, 3.05) is 13.1 Å². The van der Waals surface area contributed by atoms with E-state index in [1.807, 2.05) is 26.8 Å². The molecule has 25 heavy (non-hydrogen) atoms. The van der Waals surface area contributed by atoms with Crippen molar-refractivity contribution in [1.29, 1.82) is 0 Å². The first-order valence-electron chi connectivity index (χ1n) is 9.36. The highest BCUT2D eigenvalue weighted by Gasteiger charge is 2.25. The highest BCUT2D eigenvalue weighted by Crippen LogP contribution is 2.30. The molecule has 2 N–H and O–H groups in total. The Morgan fingerprint density at radius 3 is 2.72 bits per heavy atom. The summed E-state index contributed by atoms with van der Waals surface area (Å²) < 4.78 is 5.35. The number of hydrogen-bond acceptors (Lipinski definition) is 4. The number of likely N-dealkylation sites (tertiary alicyclic amines) is 1. The van der Waals surface area contributed by atoms with Gasteiger partial charge in [0.05, 0.1) is 0 Å². The fourth-order valence-corrected chi connectivity index (χ4v) is 3.82. The number of ether oxygens (including phenoxy) is 1. The van der Waals surface area contributed by atoms with Crippen LogP contribution in [0.1, 0.15) is 56.7 Å². The van der Waals surface area contributed by atoms with E-state index in [4.69, 9.17) is 4.74 Å². The van der Waals surface area contributed by atoms with Crippen LogP contribution in [0, 0.1) is 0 Å². The molecule has 1 aromatic rings. The number of fused-ring (bicyclic) bond motifs is 1. The number of carbonyl (C=O) groups excluding carboxylic acids is 1. The Labute approximate surface area is 150 Å². The second-order valence-corrected chi connectivity index (χ2v) is 8.32. The summed E-state index contributed by atoms with van der Waals surface area (Å²) in [6.45, 7) is 8.12. The molecule has 1 aliphatic carbocycles. The molecule has 5 nitrogen and oxygen atoms in total. The minimum atomic E-state index is -0.478. The standard InChI is InChI=1S/C20H30N2O3/c1-20(2,3)25-19(24)21-17-8-5-9-22(13-17)12-16-10-14-6-4-7-15(14)11-18(16)23/h10-11,17,23H,4-9,12-13H2,1-3H3,(H,21,24)/t17-/m1/s1. The van der Waals surface area contributed by atoms with Crippen molar-refractivity contribution >= 4 is 6.09 Å². The van der Waals surface area contributed by atoms with Crippen molar-refractivity contribution in [3.8, 4) is 5.75 Å². The Balaban J connectivity index is 1.58. The summed E-state index contributed by atoms with van der Waals surface area (Å²) in [7, 11) is 0. The van der Waals surface area contributed by atoms with Crippen molar-refractivity contribution in [3.05, 3.63) is 28.8 Å². The number of amides is 1. The molecular formula is C20H30N2O3. The first kappa shape index (κ1) is 18.1. The highest BCUT2D eigenvalue weighted by molar-refractivity contribution is 5.68. The lowest BCUT2D eigenvalue weighted by Crippen LogP contribution is -2.48. The van der Waals surface area contributed by atoms with Crippen LogP contribution >= 0.6 is 0 Å². The number of benzene rings is 1. The predicted octanol–water partition coefficient (Wildman–Crippen LogP) is 3.37. The molecule has 3 rings (SSSR count). The van der Waals surface area contributed by atoms with E-state index < -0.39 is 5.60 Å². The fourth-order valence-electron chi connectivity index (χ4n) is 3.82. The van der Waals surface area contributed by atoms with E-state index in [2.05, 4.69) is 16.3 Å². The third-order valence-electron chi connectivity index (χ3n) is 4.91. The van der Waals surface area contributed by atoms with Gasteiger partial charge in [0.1, 0.15) is 11.4 Å². The van der Waals surface area contributed by atoms with Crippen molar-refractivity contribution < 1.29 is 14.6 Å². The molecule has 0 bridgehead atoms. The smallest absolute Gasteiger partial charge is 0.407 e. The van der Waals surface area contributed by atoms with E-state index in [0.29, 0.717) is 5.75 Å². The van der Waals surface area contributed by atoms with Crippen LogP contribution in [-0.2, 0) is 24.1 Å². The SMILES string of the molecule is CC(C)(C)OC(=O)N[C@@H]1CCCN(Cc2cc3c(cc2O)CCC3)C1. The molecule has 0 aromatic heterocycles. The molecule has 0 unspecified atom stereocenters. The number of aryl methyl sites for hydroxylation is 2. The molecule has 1 amide bonds. The molecule has 5 heteroatoms. The van der Waals surface area contributed by atoms with Gasteiger partial charge in [0.15, 0.2) is 0 Å². The topological polar surface area (TPSA) is 61.8 Å². The van der Waals surface area contributed by atoms with Gasteiger partial charge in [0.25, 0.3) is 0 Å². The lowest BCUT2D eigenvalue weighted by molar-refractivity contribution is 0.0470. The summed E-state index contributed by atoms with van der Waals surface area (Å²) >= 11 is 0. The first-order chi connectivity index (χ1) is 11.8. The van der Waals surface area contributed by atoms with Crippen molar-refractivity contribution in [2.24, 2.45) is 0 Å². The molecule has 0 radical (unpaired) electrons. The largest absolute Gasteiger partial charge is 0.508 e. The summed E-state index contributed by atoms with van der Waals surface area (Å²) in [6.07, 6.45) is 5.03. The van der Waals surface area contributed by atoms with Crippen LogP contribution in [0.5, 0.6) is 5.75 Å². The Kier molecular flexibility index (Phi) is 5.23. The quantitative estimate of drug-likeness (QED) is 0.881. The molecule has 1 atom stereocenters. The van der Waals surface area contributed by atoms with Crippen molar-refractivity contribution in [1.82, 2.24) is 10.2 Å². The third kappa shape index (κ3) is 4.88. The maximum atomic E-state index is 12.0. The zero-order valence-corrected chi connectivity index (χ0v) is 15.6. The molecular weight excluding hydrogens is 316 g/mol. The van der Waals surface area contributed by atoms with Gasteiger partial charge in [0, 0.05) is 24.7 Å². The summed E-state index contributed by atoms with van der Waals surface area (Å²) in [6, 6.07) is 4.21. The number of aromatic hydroxyl groups is 1. The van der Waals surface area contributed by atoms with Gasteiger partial charge in [-0.15, -0.1) is 0 Å². The van der Waals surface area contributed by atoms with Crippen LogP contribution in [0.2, 0.25) is 0 Å². The maximum Gasteiger partial charge on any atom is 0.407 e. The van der Waals surface area contributed by atoms with Gasteiger partial charge in [-0.2, -0.15) is 0 Å². The minimum absolute atomic E-state index is 0.0974. The lowest BCUT2D eigenvalue weighted by atomic mass is 10.0. The lowest BCUT2D eigenvalue weighted by Gasteiger charge is -2.33. The number of nitrogens with zero attached hydrogens (tertiary/aromatic N) is 1. The second-order valence-electron chi connectivity index (χ2n) is 8.32. The van der Waals surface area contributed by atoms with Gasteiger partial charge in [-0.25, -0.2) is 4.79 Å². The maximum absolute atomic E-state index is 12.0. The van der Waals surface area contributed by atoms with Crippen LogP contribution in [0.3, 0.4) is 0 Å². The monoisotopic (exact) mass is 346 g/mol. The highest BCUT2D eigenvalue weighted by atomic mass is 16.6. The Bertz CT molecular complexity index is 637. The Hall–Kier alpha value is -1.75. The molecule has 138 valence electrons. The number of phenolic OH excluding ortho intramolecular Hbond substituents is 1. The van der Waals surface area contributed by atoms with Crippen LogP contribution < -0.4 is 5.32 Å². The molecule has 1 aromatic carbocycles. The molecule has 0 spiro atoms. The van der Waals surface area contributed by atoms with Crippen molar-refractivity contribution in [2.45, 2.75) is 71.1 Å². The molecule has 1 saturated heterocycles. The van der Waals surface area contributed by atoms with Gasteiger partial charge in [-0.1, -0.05) is 6.07 Å². The van der Waals surface area contributed by atoms with E-state index in [0.717, 1.165) is 50.9 Å². The summed E-state index contributed by atoms with van der Waals surface area (Å²) in [5.41, 5.74) is 3.20. The number of piperidine rings is 1. The molecule has 1 heterocycles. The van der Waals surface area contributed by atoms with E-state index in [1.54, 1.807) is 0 Å². The van der Waals surface area contributed by atoms with Gasteiger partial charge in [0.2, 0.25) is 0 Å². The van der Waals surface area contributed by atoms with Crippen LogP contribution in [0.4, 0.5) is 4.79 Å². The third-order valence-corrected chi connectivity index (χ3v) is 4.91. The Morgan fingerprint density at radius 1 is 1.28 bits per heavy atom. The summed E-state index contributed by atoms with van der Waals surface area (Å²) in [5, 5.41) is 13.3. The van der Waals surface area contributed by atoms with E-state index in [9.17, 15) is 9.90 Å². The van der Waals surface area contributed by atoms with Gasteiger partial charge >= 0.3 is 6.09 Å². The van der Waals surface area contributed by atoms with E-state index in [1.165, 1.54) is 17.5 Å². The average molecular weight is 346 g/mol. The molecule has 2 aliphatic rings. The van der Waals surface area contributed by atoms with Gasteiger partial charge in [-0.3, -0.25) is 4.90 Å². The molecule has 1 aliphatic heterocycles. The van der Waals surface area contributed by atoms with Crippen LogP contribution in [0.15, 0.2) is 12.1 Å². The van der Waals surface area contributed by atoms with Crippen LogP contribution in [0.25, 0.3) is 0 Å². The minimum Gasteiger partial charge on any atom is -0.508 e. The zero-order chi connectivity index (χ0) is 18.0. The first-order valence-corrected chi connectivity index (χ1v) is 9.36. The normalized spacial score (nSPS) is 21.0. The number of carbonyl (C=O) groups is 1.